The monoisotopic (exact) mass is 272 g/mol. The van der Waals surface area contributed by atoms with Crippen LogP contribution in [0.1, 0.15) is 48.9 Å². The molecular formula is C17H20O3. The summed E-state index contributed by atoms with van der Waals surface area (Å²) >= 11 is 0. The second kappa shape index (κ2) is 5.31. The second-order valence-corrected chi connectivity index (χ2v) is 5.70. The van der Waals surface area contributed by atoms with E-state index < -0.39 is 0 Å². The van der Waals surface area contributed by atoms with Gasteiger partial charge >= 0.3 is 0 Å². The van der Waals surface area contributed by atoms with Gasteiger partial charge in [-0.2, -0.15) is 0 Å². The van der Waals surface area contributed by atoms with E-state index >= 15 is 0 Å². The van der Waals surface area contributed by atoms with Crippen molar-refractivity contribution in [2.24, 2.45) is 0 Å². The predicted octanol–water partition coefficient (Wildman–Crippen LogP) is 3.92. The van der Waals surface area contributed by atoms with E-state index in [4.69, 9.17) is 9.47 Å². The molecule has 1 saturated carbocycles. The molecular weight excluding hydrogens is 252 g/mol. The summed E-state index contributed by atoms with van der Waals surface area (Å²) in [4.78, 5) is 12.4. The van der Waals surface area contributed by atoms with Crippen LogP contribution in [-0.2, 0) is 0 Å². The molecule has 0 amide bonds. The molecule has 0 saturated heterocycles. The third-order valence-electron chi connectivity index (χ3n) is 4.19. The fraction of sp³-hybridized carbons (Fsp3) is 0.471. The van der Waals surface area contributed by atoms with Crippen molar-refractivity contribution in [3.63, 3.8) is 0 Å². The Kier molecular flexibility index (Phi) is 3.51. The Morgan fingerprint density at radius 1 is 1.30 bits per heavy atom. The van der Waals surface area contributed by atoms with Gasteiger partial charge in [-0.05, 0) is 43.9 Å². The van der Waals surface area contributed by atoms with E-state index in [-0.39, 0.29) is 11.4 Å². The Morgan fingerprint density at radius 2 is 2.10 bits per heavy atom. The van der Waals surface area contributed by atoms with Gasteiger partial charge in [-0.15, -0.1) is 0 Å². The smallest absolute Gasteiger partial charge is 0.170 e. The van der Waals surface area contributed by atoms with Gasteiger partial charge in [-0.25, -0.2) is 0 Å². The number of ketones is 1. The van der Waals surface area contributed by atoms with Gasteiger partial charge in [0.15, 0.2) is 5.78 Å². The van der Waals surface area contributed by atoms with E-state index in [2.05, 4.69) is 6.58 Å². The molecule has 0 N–H and O–H groups in total. The Bertz CT molecular complexity index is 527. The van der Waals surface area contributed by atoms with Gasteiger partial charge in [0.25, 0.3) is 0 Å². The highest BCUT2D eigenvalue weighted by Gasteiger charge is 2.41. The van der Waals surface area contributed by atoms with E-state index in [0.29, 0.717) is 30.1 Å². The number of ether oxygens (including phenoxy) is 2. The molecule has 2 aliphatic rings. The third-order valence-corrected chi connectivity index (χ3v) is 4.19. The minimum Gasteiger partial charge on any atom is -0.490 e. The fourth-order valence-corrected chi connectivity index (χ4v) is 3.19. The molecule has 106 valence electrons. The van der Waals surface area contributed by atoms with Crippen LogP contribution in [0, 0.1) is 0 Å². The predicted molar refractivity (Wildman–Crippen MR) is 77.5 cm³/mol. The first-order chi connectivity index (χ1) is 9.72. The molecule has 1 aromatic carbocycles. The lowest BCUT2D eigenvalue weighted by atomic mass is 9.78. The summed E-state index contributed by atoms with van der Waals surface area (Å²) in [7, 11) is 0. The summed E-state index contributed by atoms with van der Waals surface area (Å²) in [6.07, 6.45) is 7.74. The number of hydrogen-bond donors (Lipinski definition) is 0. The molecule has 0 unspecified atom stereocenters. The van der Waals surface area contributed by atoms with E-state index in [0.717, 1.165) is 25.7 Å². The fourth-order valence-electron chi connectivity index (χ4n) is 3.19. The van der Waals surface area contributed by atoms with Gasteiger partial charge in [0.1, 0.15) is 23.7 Å². The number of benzene rings is 1. The van der Waals surface area contributed by atoms with Crippen molar-refractivity contribution in [2.75, 3.05) is 6.61 Å². The lowest BCUT2D eigenvalue weighted by Crippen LogP contribution is -2.43. The zero-order valence-electron chi connectivity index (χ0n) is 11.7. The molecule has 0 aromatic heterocycles. The average molecular weight is 272 g/mol. The number of rotatable bonds is 3. The summed E-state index contributed by atoms with van der Waals surface area (Å²) < 4.78 is 11.7. The maximum Gasteiger partial charge on any atom is 0.170 e. The summed E-state index contributed by atoms with van der Waals surface area (Å²) in [6.45, 7) is 4.06. The van der Waals surface area contributed by atoms with E-state index in [1.807, 2.05) is 12.1 Å². The largest absolute Gasteiger partial charge is 0.490 e. The van der Waals surface area contributed by atoms with Crippen LogP contribution in [0.4, 0.5) is 0 Å². The van der Waals surface area contributed by atoms with E-state index in [9.17, 15) is 4.79 Å². The molecule has 3 rings (SSSR count). The van der Waals surface area contributed by atoms with Gasteiger partial charge in [0.05, 0.1) is 12.0 Å². The molecule has 0 atom stereocenters. The minimum atomic E-state index is -0.244. The molecule has 1 spiro atoms. The van der Waals surface area contributed by atoms with Crippen LogP contribution in [0.15, 0.2) is 30.9 Å². The first-order valence-corrected chi connectivity index (χ1v) is 7.32. The molecule has 1 heterocycles. The summed E-state index contributed by atoms with van der Waals surface area (Å²) in [5.41, 5.74) is 0.411. The van der Waals surface area contributed by atoms with Crippen LogP contribution in [0.2, 0.25) is 0 Å². The Hall–Kier alpha value is -1.77. The highest BCUT2D eigenvalue weighted by molar-refractivity contribution is 6.00. The number of fused-ring (bicyclic) bond motifs is 1. The lowest BCUT2D eigenvalue weighted by molar-refractivity contribution is 0.0135. The van der Waals surface area contributed by atoms with Gasteiger partial charge in [0, 0.05) is 0 Å². The molecule has 0 bridgehead atoms. The zero-order valence-corrected chi connectivity index (χ0v) is 11.7. The molecule has 1 aromatic rings. The second-order valence-electron chi connectivity index (χ2n) is 5.70. The molecule has 3 nitrogen and oxygen atoms in total. The maximum absolute atomic E-state index is 12.4. The van der Waals surface area contributed by atoms with Crippen molar-refractivity contribution >= 4 is 5.78 Å². The molecule has 1 aliphatic heterocycles. The number of Topliss-reactive ketones (excluding diaryl/α,β-unsaturated/α-hetero) is 1. The zero-order chi connectivity index (χ0) is 14.0. The normalized spacial score (nSPS) is 20.1. The minimum absolute atomic E-state index is 0.178. The maximum atomic E-state index is 12.4. The van der Waals surface area contributed by atoms with E-state index in [1.165, 1.54) is 6.42 Å². The van der Waals surface area contributed by atoms with Crippen LogP contribution >= 0.6 is 0 Å². The van der Waals surface area contributed by atoms with Gasteiger partial charge in [-0.3, -0.25) is 4.79 Å². The standard InChI is InChI=1S/C17H20O3/c1-2-10-19-13-6-7-16-14(11-13)15(18)12-17(20-16)8-4-3-5-9-17/h2,6-7,11H,1,3-5,8-10,12H2. The topological polar surface area (TPSA) is 35.5 Å². The van der Waals surface area contributed by atoms with Gasteiger partial charge in [0.2, 0.25) is 0 Å². The van der Waals surface area contributed by atoms with Crippen LogP contribution in [-0.4, -0.2) is 18.0 Å². The van der Waals surface area contributed by atoms with Crippen molar-refractivity contribution in [1.82, 2.24) is 0 Å². The Morgan fingerprint density at radius 3 is 2.85 bits per heavy atom. The number of carbonyl (C=O) groups excluding carboxylic acids is 1. The highest BCUT2D eigenvalue weighted by Crippen LogP contribution is 2.42. The van der Waals surface area contributed by atoms with Crippen molar-refractivity contribution in [2.45, 2.75) is 44.1 Å². The molecule has 20 heavy (non-hydrogen) atoms. The quantitative estimate of drug-likeness (QED) is 0.782. The van der Waals surface area contributed by atoms with E-state index in [1.54, 1.807) is 12.1 Å². The first-order valence-electron chi connectivity index (χ1n) is 7.32. The van der Waals surface area contributed by atoms with Crippen molar-refractivity contribution in [1.29, 1.82) is 0 Å². The molecule has 1 aliphatic carbocycles. The number of hydrogen-bond acceptors (Lipinski definition) is 3. The van der Waals surface area contributed by atoms with Crippen LogP contribution in [0.25, 0.3) is 0 Å². The molecule has 1 fully saturated rings. The van der Waals surface area contributed by atoms with Gasteiger partial charge in [-0.1, -0.05) is 19.1 Å². The van der Waals surface area contributed by atoms with Crippen LogP contribution in [0.5, 0.6) is 11.5 Å². The van der Waals surface area contributed by atoms with Crippen molar-refractivity contribution < 1.29 is 14.3 Å². The lowest BCUT2D eigenvalue weighted by Gasteiger charge is -2.40. The first kappa shape index (κ1) is 13.2. The molecule has 0 radical (unpaired) electrons. The number of carbonyl (C=O) groups is 1. The van der Waals surface area contributed by atoms with Crippen LogP contribution in [0.3, 0.4) is 0 Å². The molecule has 3 heteroatoms. The summed E-state index contributed by atoms with van der Waals surface area (Å²) in [5, 5.41) is 0. The van der Waals surface area contributed by atoms with Gasteiger partial charge < -0.3 is 9.47 Å². The SMILES string of the molecule is C=CCOc1ccc2c(c1)C(=O)CC1(CCCCC1)O2. The Balaban J connectivity index is 1.85. The van der Waals surface area contributed by atoms with Crippen LogP contribution < -0.4 is 9.47 Å². The average Bonchev–Trinajstić information content (AvgIpc) is 2.46. The highest BCUT2D eigenvalue weighted by atomic mass is 16.5. The third kappa shape index (κ3) is 2.45. The summed E-state index contributed by atoms with van der Waals surface area (Å²) in [5.74, 6) is 1.59. The summed E-state index contributed by atoms with van der Waals surface area (Å²) in [6, 6.07) is 5.51. The Labute approximate surface area is 119 Å². The van der Waals surface area contributed by atoms with Crippen molar-refractivity contribution in [3.8, 4) is 11.5 Å². The van der Waals surface area contributed by atoms with Crippen molar-refractivity contribution in [3.05, 3.63) is 36.4 Å².